The van der Waals surface area contributed by atoms with Crippen molar-refractivity contribution in [3.8, 4) is 0 Å². The predicted molar refractivity (Wildman–Crippen MR) is 100 cm³/mol. The van der Waals surface area contributed by atoms with Crippen LogP contribution in [0.5, 0.6) is 0 Å². The first-order chi connectivity index (χ1) is 14.5. The third-order valence-corrected chi connectivity index (χ3v) is 5.16. The van der Waals surface area contributed by atoms with Gasteiger partial charge in [0.2, 0.25) is 5.95 Å². The molecule has 168 valence electrons. The lowest BCUT2D eigenvalue weighted by Crippen LogP contribution is -2.37. The quantitative estimate of drug-likeness (QED) is 0.629. The molecule has 1 aliphatic heterocycles. The van der Waals surface area contributed by atoms with Crippen LogP contribution < -0.4 is 4.90 Å². The van der Waals surface area contributed by atoms with E-state index < -0.39 is 36.3 Å². The molecule has 1 N–H and O–H groups in total. The number of carboxylic acid groups (broad SMARTS) is 1. The second-order valence-corrected chi connectivity index (χ2v) is 7.24. The number of anilines is 1. The van der Waals surface area contributed by atoms with Crippen LogP contribution in [0.4, 0.5) is 27.9 Å². The van der Waals surface area contributed by atoms with Crippen molar-refractivity contribution in [3.63, 3.8) is 0 Å². The minimum atomic E-state index is -4.46. The fraction of sp³-hybridized carbons (Fsp3) is 0.450. The van der Waals surface area contributed by atoms with Crippen molar-refractivity contribution >= 4 is 11.9 Å². The highest BCUT2D eigenvalue weighted by atomic mass is 19.4. The molecule has 2 aromatic rings. The highest BCUT2D eigenvalue weighted by Gasteiger charge is 2.38. The summed E-state index contributed by atoms with van der Waals surface area (Å²) in [6.45, 7) is 1.19. The average Bonchev–Trinajstić information content (AvgIpc) is 3.16. The second kappa shape index (κ2) is 8.74. The summed E-state index contributed by atoms with van der Waals surface area (Å²) in [7, 11) is 0. The van der Waals surface area contributed by atoms with Gasteiger partial charge in [0.25, 0.3) is 0 Å². The molecule has 1 aromatic carbocycles. The third-order valence-electron chi connectivity index (χ3n) is 5.16. The number of benzene rings is 1. The SMILES string of the molecule is CCC(F)(F)OC[C@@H]1CC(c2ccc(C(F)(F)F)cc2)CN1c1ncc(C(=O)O)cn1. The molecule has 1 aliphatic rings. The Morgan fingerprint density at radius 2 is 1.77 bits per heavy atom. The normalized spacial score (nSPS) is 19.6. The Kier molecular flexibility index (Phi) is 6.44. The van der Waals surface area contributed by atoms with E-state index in [1.807, 2.05) is 0 Å². The van der Waals surface area contributed by atoms with Crippen molar-refractivity contribution in [2.75, 3.05) is 18.1 Å². The Bertz CT molecular complexity index is 904. The number of nitrogens with zero attached hydrogens (tertiary/aromatic N) is 3. The van der Waals surface area contributed by atoms with Crippen molar-refractivity contribution in [2.45, 2.75) is 44.0 Å². The third kappa shape index (κ3) is 5.46. The lowest BCUT2D eigenvalue weighted by molar-refractivity contribution is -0.241. The van der Waals surface area contributed by atoms with Crippen LogP contribution in [0.2, 0.25) is 0 Å². The van der Waals surface area contributed by atoms with E-state index >= 15 is 0 Å². The summed E-state index contributed by atoms with van der Waals surface area (Å²) < 4.78 is 70.4. The number of rotatable bonds is 7. The highest BCUT2D eigenvalue weighted by Crippen LogP contribution is 2.36. The standard InChI is InChI=1S/C20H20F5N3O3/c1-2-19(21,22)31-11-16-7-13(12-3-5-15(6-4-12)20(23,24)25)10-28(16)18-26-8-14(9-27-18)17(29)30/h3-6,8-9,13,16H,2,7,10-11H2,1H3,(H,29,30)/t13?,16-/m0/s1. The Morgan fingerprint density at radius 1 is 1.16 bits per heavy atom. The minimum Gasteiger partial charge on any atom is -0.478 e. The first kappa shape index (κ1) is 22.9. The van der Waals surface area contributed by atoms with E-state index in [2.05, 4.69) is 9.97 Å². The fourth-order valence-electron chi connectivity index (χ4n) is 3.41. The van der Waals surface area contributed by atoms with Gasteiger partial charge in [0, 0.05) is 31.3 Å². The van der Waals surface area contributed by atoms with Crippen molar-refractivity contribution in [1.29, 1.82) is 0 Å². The topological polar surface area (TPSA) is 75.5 Å². The number of carbonyl (C=O) groups is 1. The van der Waals surface area contributed by atoms with Gasteiger partial charge in [-0.3, -0.25) is 0 Å². The molecule has 1 fully saturated rings. The van der Waals surface area contributed by atoms with Crippen molar-refractivity contribution in [3.05, 3.63) is 53.3 Å². The summed E-state index contributed by atoms with van der Waals surface area (Å²) >= 11 is 0. The molecular formula is C20H20F5N3O3. The van der Waals surface area contributed by atoms with Crippen molar-refractivity contribution in [2.24, 2.45) is 0 Å². The van der Waals surface area contributed by atoms with Gasteiger partial charge in [0.15, 0.2) is 0 Å². The zero-order valence-corrected chi connectivity index (χ0v) is 16.4. The smallest absolute Gasteiger partial charge is 0.416 e. The Balaban J connectivity index is 1.83. The monoisotopic (exact) mass is 445 g/mol. The molecule has 2 heterocycles. The van der Waals surface area contributed by atoms with E-state index in [4.69, 9.17) is 9.84 Å². The summed E-state index contributed by atoms with van der Waals surface area (Å²) in [5.74, 6) is -1.35. The molecule has 1 unspecified atom stereocenters. The molecule has 0 radical (unpaired) electrons. The summed E-state index contributed by atoms with van der Waals surface area (Å²) in [6, 6.07) is 4.12. The number of aromatic carboxylic acids is 1. The molecule has 11 heteroatoms. The van der Waals surface area contributed by atoms with Gasteiger partial charge < -0.3 is 14.7 Å². The van der Waals surface area contributed by atoms with Crippen LogP contribution in [-0.2, 0) is 10.9 Å². The zero-order valence-electron chi connectivity index (χ0n) is 16.4. The molecule has 2 atom stereocenters. The summed E-state index contributed by atoms with van der Waals surface area (Å²) in [5, 5.41) is 8.99. The average molecular weight is 445 g/mol. The highest BCUT2D eigenvalue weighted by molar-refractivity contribution is 5.86. The number of aromatic nitrogens is 2. The van der Waals surface area contributed by atoms with Crippen LogP contribution in [0.1, 0.15) is 47.2 Å². The van der Waals surface area contributed by atoms with Crippen molar-refractivity contribution in [1.82, 2.24) is 9.97 Å². The van der Waals surface area contributed by atoms with Gasteiger partial charge in [-0.05, 0) is 24.1 Å². The van der Waals surface area contributed by atoms with E-state index in [1.54, 1.807) is 4.90 Å². The molecule has 3 rings (SSSR count). The zero-order chi connectivity index (χ0) is 22.8. The maximum absolute atomic E-state index is 13.6. The van der Waals surface area contributed by atoms with Crippen LogP contribution in [0, 0.1) is 0 Å². The van der Waals surface area contributed by atoms with Gasteiger partial charge >= 0.3 is 18.3 Å². The molecule has 0 saturated carbocycles. The fourth-order valence-corrected chi connectivity index (χ4v) is 3.41. The van der Waals surface area contributed by atoms with Gasteiger partial charge in [0.1, 0.15) is 0 Å². The van der Waals surface area contributed by atoms with E-state index in [9.17, 15) is 26.7 Å². The van der Waals surface area contributed by atoms with Crippen LogP contribution in [0.25, 0.3) is 0 Å². The first-order valence-electron chi connectivity index (χ1n) is 9.51. The van der Waals surface area contributed by atoms with Crippen LogP contribution in [0.3, 0.4) is 0 Å². The molecule has 0 spiro atoms. The molecule has 0 bridgehead atoms. The number of halogens is 5. The molecule has 6 nitrogen and oxygen atoms in total. The van der Waals surface area contributed by atoms with E-state index in [1.165, 1.54) is 19.1 Å². The first-order valence-corrected chi connectivity index (χ1v) is 9.51. The molecule has 0 aliphatic carbocycles. The van der Waals surface area contributed by atoms with Crippen LogP contribution in [0.15, 0.2) is 36.7 Å². The number of carboxylic acids is 1. The second-order valence-electron chi connectivity index (χ2n) is 7.24. The molecule has 31 heavy (non-hydrogen) atoms. The molecule has 1 aromatic heterocycles. The number of hydrogen-bond acceptors (Lipinski definition) is 5. The number of alkyl halides is 5. The van der Waals surface area contributed by atoms with E-state index in [-0.39, 0.29) is 30.6 Å². The van der Waals surface area contributed by atoms with Gasteiger partial charge in [-0.1, -0.05) is 19.1 Å². The lowest BCUT2D eigenvalue weighted by atomic mass is 9.95. The Labute approximate surface area is 174 Å². The number of hydrogen-bond donors (Lipinski definition) is 1. The largest absolute Gasteiger partial charge is 0.478 e. The Hall–Kier alpha value is -2.82. The van der Waals surface area contributed by atoms with Crippen LogP contribution in [-0.4, -0.2) is 46.3 Å². The Morgan fingerprint density at radius 3 is 2.29 bits per heavy atom. The molecule has 1 saturated heterocycles. The minimum absolute atomic E-state index is 0.132. The molecule has 0 amide bonds. The van der Waals surface area contributed by atoms with Gasteiger partial charge in [-0.15, -0.1) is 0 Å². The van der Waals surface area contributed by atoms with Gasteiger partial charge in [-0.2, -0.15) is 22.0 Å². The predicted octanol–water partition coefficient (Wildman–Crippen LogP) is 4.58. The summed E-state index contributed by atoms with van der Waals surface area (Å²) in [6.07, 6.45) is -5.74. The maximum atomic E-state index is 13.6. The van der Waals surface area contributed by atoms with Crippen LogP contribution >= 0.6 is 0 Å². The summed E-state index contributed by atoms with van der Waals surface area (Å²) in [4.78, 5) is 20.6. The maximum Gasteiger partial charge on any atom is 0.416 e. The van der Waals surface area contributed by atoms with Gasteiger partial charge in [0.05, 0.1) is 23.8 Å². The van der Waals surface area contributed by atoms with Gasteiger partial charge in [-0.25, -0.2) is 14.8 Å². The number of ether oxygens (including phenoxy) is 1. The van der Waals surface area contributed by atoms with E-state index in [0.29, 0.717) is 12.0 Å². The van der Waals surface area contributed by atoms with E-state index in [0.717, 1.165) is 24.5 Å². The lowest BCUT2D eigenvalue weighted by Gasteiger charge is -2.26. The molecular weight excluding hydrogens is 425 g/mol. The van der Waals surface area contributed by atoms with Crippen molar-refractivity contribution < 1.29 is 36.6 Å². The summed E-state index contributed by atoms with van der Waals surface area (Å²) in [5.41, 5.74) is -0.293.